The number of aryl methyl sites for hydroxylation is 1. The van der Waals surface area contributed by atoms with Crippen LogP contribution < -0.4 is 15.4 Å². The van der Waals surface area contributed by atoms with Crippen molar-refractivity contribution in [3.63, 3.8) is 0 Å². The summed E-state index contributed by atoms with van der Waals surface area (Å²) in [5.41, 5.74) is 3.87. The second-order valence-corrected chi connectivity index (χ2v) is 6.07. The fourth-order valence-electron chi connectivity index (χ4n) is 2.55. The van der Waals surface area contributed by atoms with Gasteiger partial charge in [0.25, 0.3) is 0 Å². The lowest BCUT2D eigenvalue weighted by Gasteiger charge is -2.11. The molecule has 3 aromatic carbocycles. The van der Waals surface area contributed by atoms with Gasteiger partial charge in [0.2, 0.25) is 5.91 Å². The van der Waals surface area contributed by atoms with Gasteiger partial charge in [-0.25, -0.2) is 0 Å². The third kappa shape index (κ3) is 5.38. The smallest absolute Gasteiger partial charge is 0.243 e. The summed E-state index contributed by atoms with van der Waals surface area (Å²) >= 11 is 0. The van der Waals surface area contributed by atoms with E-state index in [1.807, 2.05) is 85.8 Å². The van der Waals surface area contributed by atoms with Crippen molar-refractivity contribution in [2.24, 2.45) is 0 Å². The average molecular weight is 346 g/mol. The Hall–Kier alpha value is -3.27. The minimum Gasteiger partial charge on any atom is -0.489 e. The molecule has 0 aromatic heterocycles. The fraction of sp³-hybridized carbons (Fsp3) is 0.136. The van der Waals surface area contributed by atoms with Crippen LogP contribution in [-0.4, -0.2) is 12.5 Å². The monoisotopic (exact) mass is 346 g/mol. The molecule has 0 atom stereocenters. The van der Waals surface area contributed by atoms with E-state index in [0.717, 1.165) is 28.3 Å². The number of amides is 1. The molecule has 26 heavy (non-hydrogen) atoms. The topological polar surface area (TPSA) is 50.4 Å². The zero-order chi connectivity index (χ0) is 18.2. The van der Waals surface area contributed by atoms with Gasteiger partial charge in [-0.2, -0.15) is 0 Å². The fourth-order valence-corrected chi connectivity index (χ4v) is 2.55. The summed E-state index contributed by atoms with van der Waals surface area (Å²) in [4.78, 5) is 12.1. The average Bonchev–Trinajstić information content (AvgIpc) is 2.66. The highest BCUT2D eigenvalue weighted by Crippen LogP contribution is 2.18. The number of nitrogens with one attached hydrogen (secondary N) is 2. The summed E-state index contributed by atoms with van der Waals surface area (Å²) in [7, 11) is 0. The molecule has 4 heteroatoms. The molecule has 2 N–H and O–H groups in total. The molecule has 4 nitrogen and oxygen atoms in total. The summed E-state index contributed by atoms with van der Waals surface area (Å²) in [5, 5.41) is 6.01. The van der Waals surface area contributed by atoms with Gasteiger partial charge in [0.05, 0.1) is 6.54 Å². The molecule has 0 saturated carbocycles. The molecule has 3 rings (SSSR count). The molecule has 0 aliphatic carbocycles. The quantitative estimate of drug-likeness (QED) is 0.656. The molecular weight excluding hydrogens is 324 g/mol. The first kappa shape index (κ1) is 17.5. The standard InChI is InChI=1S/C22H22N2O2/c1-17-7-5-11-20(13-17)24-22(25)15-23-19-10-6-12-21(14-19)26-16-18-8-3-2-4-9-18/h2-14,23H,15-16H2,1H3,(H,24,25). The Morgan fingerprint density at radius 1 is 0.885 bits per heavy atom. The molecule has 3 aromatic rings. The number of hydrogen-bond acceptors (Lipinski definition) is 3. The van der Waals surface area contributed by atoms with Crippen LogP contribution >= 0.6 is 0 Å². The number of ether oxygens (including phenoxy) is 1. The third-order valence-corrected chi connectivity index (χ3v) is 3.84. The highest BCUT2D eigenvalue weighted by Gasteiger charge is 2.03. The van der Waals surface area contributed by atoms with E-state index in [-0.39, 0.29) is 12.5 Å². The van der Waals surface area contributed by atoms with Crippen molar-refractivity contribution in [2.75, 3.05) is 17.2 Å². The minimum absolute atomic E-state index is 0.0915. The van der Waals surface area contributed by atoms with Crippen LogP contribution in [0.3, 0.4) is 0 Å². The summed E-state index contributed by atoms with van der Waals surface area (Å²) in [6.45, 7) is 2.70. The van der Waals surface area contributed by atoms with Gasteiger partial charge < -0.3 is 15.4 Å². The first-order valence-corrected chi connectivity index (χ1v) is 8.56. The highest BCUT2D eigenvalue weighted by atomic mass is 16.5. The highest BCUT2D eigenvalue weighted by molar-refractivity contribution is 5.93. The number of anilines is 2. The van der Waals surface area contributed by atoms with Crippen LogP contribution in [0.1, 0.15) is 11.1 Å². The van der Waals surface area contributed by atoms with Gasteiger partial charge in [-0.1, -0.05) is 48.5 Å². The largest absolute Gasteiger partial charge is 0.489 e. The zero-order valence-corrected chi connectivity index (χ0v) is 14.7. The Bertz CT molecular complexity index is 863. The van der Waals surface area contributed by atoms with Crippen molar-refractivity contribution < 1.29 is 9.53 Å². The number of carbonyl (C=O) groups is 1. The van der Waals surface area contributed by atoms with E-state index in [2.05, 4.69) is 10.6 Å². The number of benzene rings is 3. The second kappa shape index (κ2) is 8.72. The molecule has 1 amide bonds. The van der Waals surface area contributed by atoms with Gasteiger partial charge in [0.1, 0.15) is 12.4 Å². The Morgan fingerprint density at radius 2 is 1.65 bits per heavy atom. The Kier molecular flexibility index (Phi) is 5.88. The Labute approximate surface area is 153 Å². The van der Waals surface area contributed by atoms with E-state index in [9.17, 15) is 4.79 Å². The van der Waals surface area contributed by atoms with Crippen molar-refractivity contribution >= 4 is 17.3 Å². The Balaban J connectivity index is 1.51. The molecule has 0 saturated heterocycles. The van der Waals surface area contributed by atoms with E-state index in [4.69, 9.17) is 4.74 Å². The lowest BCUT2D eigenvalue weighted by Crippen LogP contribution is -2.21. The van der Waals surface area contributed by atoms with E-state index < -0.39 is 0 Å². The molecule has 0 spiro atoms. The molecule has 0 radical (unpaired) electrons. The zero-order valence-electron chi connectivity index (χ0n) is 14.7. The SMILES string of the molecule is Cc1cccc(NC(=O)CNc2cccc(OCc3ccccc3)c2)c1. The second-order valence-electron chi connectivity index (χ2n) is 6.07. The molecule has 0 unspecified atom stereocenters. The van der Waals surface area contributed by atoms with Gasteiger partial charge in [-0.3, -0.25) is 4.79 Å². The van der Waals surface area contributed by atoms with Gasteiger partial charge in [-0.05, 0) is 42.3 Å². The minimum atomic E-state index is -0.0915. The summed E-state index contributed by atoms with van der Waals surface area (Å²) in [6, 6.07) is 25.4. The number of carbonyl (C=O) groups excluding carboxylic acids is 1. The van der Waals surface area contributed by atoms with Gasteiger partial charge in [-0.15, -0.1) is 0 Å². The van der Waals surface area contributed by atoms with Crippen LogP contribution in [0.25, 0.3) is 0 Å². The molecule has 0 heterocycles. The third-order valence-electron chi connectivity index (χ3n) is 3.84. The first-order chi connectivity index (χ1) is 12.7. The lowest BCUT2D eigenvalue weighted by molar-refractivity contribution is -0.114. The normalized spacial score (nSPS) is 10.2. The summed E-state index contributed by atoms with van der Waals surface area (Å²) < 4.78 is 5.81. The molecular formula is C22H22N2O2. The summed E-state index contributed by atoms with van der Waals surface area (Å²) in [6.07, 6.45) is 0. The summed E-state index contributed by atoms with van der Waals surface area (Å²) in [5.74, 6) is 0.671. The van der Waals surface area contributed by atoms with Gasteiger partial charge in [0.15, 0.2) is 0 Å². The van der Waals surface area contributed by atoms with E-state index in [0.29, 0.717) is 6.61 Å². The maximum absolute atomic E-state index is 12.1. The van der Waals surface area contributed by atoms with E-state index in [1.54, 1.807) is 0 Å². The van der Waals surface area contributed by atoms with Crippen LogP contribution in [0.4, 0.5) is 11.4 Å². The van der Waals surface area contributed by atoms with Gasteiger partial charge >= 0.3 is 0 Å². The lowest BCUT2D eigenvalue weighted by atomic mass is 10.2. The van der Waals surface area contributed by atoms with E-state index in [1.165, 1.54) is 0 Å². The number of hydrogen-bond donors (Lipinski definition) is 2. The van der Waals surface area contributed by atoms with Crippen molar-refractivity contribution in [1.29, 1.82) is 0 Å². The van der Waals surface area contributed by atoms with E-state index >= 15 is 0 Å². The van der Waals surface area contributed by atoms with Crippen LogP contribution in [0.15, 0.2) is 78.9 Å². The predicted molar refractivity (Wildman–Crippen MR) is 106 cm³/mol. The molecule has 0 aliphatic heterocycles. The Morgan fingerprint density at radius 3 is 2.46 bits per heavy atom. The molecule has 132 valence electrons. The predicted octanol–water partition coefficient (Wildman–Crippen LogP) is 4.62. The van der Waals surface area contributed by atoms with Crippen molar-refractivity contribution in [1.82, 2.24) is 0 Å². The van der Waals surface area contributed by atoms with Crippen LogP contribution in [0, 0.1) is 6.92 Å². The molecule has 0 bridgehead atoms. The van der Waals surface area contributed by atoms with Gasteiger partial charge in [0, 0.05) is 17.4 Å². The maximum atomic E-state index is 12.1. The number of rotatable bonds is 7. The molecule has 0 aliphatic rings. The van der Waals surface area contributed by atoms with Crippen molar-refractivity contribution in [2.45, 2.75) is 13.5 Å². The van der Waals surface area contributed by atoms with Crippen LogP contribution in [-0.2, 0) is 11.4 Å². The molecule has 0 fully saturated rings. The van der Waals surface area contributed by atoms with Crippen LogP contribution in [0.5, 0.6) is 5.75 Å². The van der Waals surface area contributed by atoms with Crippen molar-refractivity contribution in [3.05, 3.63) is 90.0 Å². The first-order valence-electron chi connectivity index (χ1n) is 8.56. The van der Waals surface area contributed by atoms with Crippen LogP contribution in [0.2, 0.25) is 0 Å². The maximum Gasteiger partial charge on any atom is 0.243 e. The van der Waals surface area contributed by atoms with Crippen molar-refractivity contribution in [3.8, 4) is 5.75 Å².